The normalized spacial score (nSPS) is 23.1. The van der Waals surface area contributed by atoms with E-state index in [0.29, 0.717) is 0 Å². The first kappa shape index (κ1) is 16.3. The van der Waals surface area contributed by atoms with Crippen LogP contribution < -0.4 is 10.2 Å². The summed E-state index contributed by atoms with van der Waals surface area (Å²) >= 11 is 0. The third-order valence-electron chi connectivity index (χ3n) is 5.23. The molecule has 0 bridgehead atoms. The van der Waals surface area contributed by atoms with Gasteiger partial charge >= 0.3 is 0 Å². The van der Waals surface area contributed by atoms with E-state index in [9.17, 15) is 4.79 Å². The Balaban J connectivity index is 1.32. The SMILES string of the molecule is C[C@@H](NC(=O)C1CCN(c2ccc3nncn3n2)CC1)[C@H]1CCCO1. The molecule has 2 aromatic heterocycles. The third kappa shape index (κ3) is 3.44. The molecule has 0 radical (unpaired) electrons. The number of ether oxygens (including phenoxy) is 1. The number of hydrogen-bond donors (Lipinski definition) is 1. The largest absolute Gasteiger partial charge is 0.376 e. The first-order chi connectivity index (χ1) is 12.2. The van der Waals surface area contributed by atoms with Gasteiger partial charge in [0.1, 0.15) is 12.1 Å². The molecule has 2 atom stereocenters. The highest BCUT2D eigenvalue weighted by Crippen LogP contribution is 2.23. The van der Waals surface area contributed by atoms with Crippen LogP contribution in [0.4, 0.5) is 5.82 Å². The van der Waals surface area contributed by atoms with Gasteiger partial charge in [0.25, 0.3) is 0 Å². The highest BCUT2D eigenvalue weighted by atomic mass is 16.5. The highest BCUT2D eigenvalue weighted by Gasteiger charge is 2.29. The number of carbonyl (C=O) groups is 1. The average molecular weight is 344 g/mol. The minimum Gasteiger partial charge on any atom is -0.376 e. The standard InChI is InChI=1S/C17H24N6O2/c1-12(14-3-2-10-25-14)19-17(24)13-6-8-22(9-7-13)16-5-4-15-20-18-11-23(15)21-16/h4-5,11-14H,2-3,6-10H2,1H3,(H,19,24)/t12-,14-/m1/s1. The second kappa shape index (κ2) is 6.95. The molecule has 2 aliphatic heterocycles. The molecular weight excluding hydrogens is 320 g/mol. The van der Waals surface area contributed by atoms with Crippen LogP contribution in [0, 0.1) is 5.92 Å². The van der Waals surface area contributed by atoms with Gasteiger partial charge in [-0.05, 0) is 44.7 Å². The fourth-order valence-corrected chi connectivity index (χ4v) is 3.69. The highest BCUT2D eigenvalue weighted by molar-refractivity contribution is 5.79. The van der Waals surface area contributed by atoms with Crippen molar-refractivity contribution in [2.45, 2.75) is 44.8 Å². The molecule has 0 spiro atoms. The van der Waals surface area contributed by atoms with Crippen LogP contribution in [0.2, 0.25) is 0 Å². The van der Waals surface area contributed by atoms with E-state index in [2.05, 4.69) is 25.5 Å². The van der Waals surface area contributed by atoms with Gasteiger partial charge in [-0.2, -0.15) is 4.52 Å². The Morgan fingerprint density at radius 2 is 2.16 bits per heavy atom. The molecule has 4 heterocycles. The Bertz CT molecular complexity index is 734. The number of carbonyl (C=O) groups excluding carboxylic acids is 1. The molecule has 0 saturated carbocycles. The molecule has 0 unspecified atom stereocenters. The zero-order valence-corrected chi connectivity index (χ0v) is 14.5. The summed E-state index contributed by atoms with van der Waals surface area (Å²) in [5.74, 6) is 1.13. The van der Waals surface area contributed by atoms with Crippen LogP contribution in [-0.4, -0.2) is 57.6 Å². The lowest BCUT2D eigenvalue weighted by Gasteiger charge is -2.33. The van der Waals surface area contributed by atoms with Crippen molar-refractivity contribution in [1.29, 1.82) is 0 Å². The number of aromatic nitrogens is 4. The van der Waals surface area contributed by atoms with Crippen molar-refractivity contribution in [1.82, 2.24) is 25.1 Å². The lowest BCUT2D eigenvalue weighted by molar-refractivity contribution is -0.127. The maximum Gasteiger partial charge on any atom is 0.223 e. The number of hydrogen-bond acceptors (Lipinski definition) is 6. The van der Waals surface area contributed by atoms with Gasteiger partial charge in [0.05, 0.1) is 12.1 Å². The maximum atomic E-state index is 12.5. The van der Waals surface area contributed by atoms with Crippen LogP contribution in [0.3, 0.4) is 0 Å². The smallest absolute Gasteiger partial charge is 0.223 e. The van der Waals surface area contributed by atoms with E-state index in [-0.39, 0.29) is 24.0 Å². The van der Waals surface area contributed by atoms with Crippen molar-refractivity contribution in [3.63, 3.8) is 0 Å². The summed E-state index contributed by atoms with van der Waals surface area (Å²) in [4.78, 5) is 14.7. The quantitative estimate of drug-likeness (QED) is 0.892. The summed E-state index contributed by atoms with van der Waals surface area (Å²) in [5, 5.41) is 15.5. The lowest BCUT2D eigenvalue weighted by Crippen LogP contribution is -2.46. The topological polar surface area (TPSA) is 84.7 Å². The molecule has 134 valence electrons. The molecule has 2 fully saturated rings. The van der Waals surface area contributed by atoms with E-state index in [1.165, 1.54) is 0 Å². The van der Waals surface area contributed by atoms with Crippen molar-refractivity contribution in [2.24, 2.45) is 5.92 Å². The number of rotatable bonds is 4. The molecule has 0 aliphatic carbocycles. The second-order valence-corrected chi connectivity index (χ2v) is 6.94. The van der Waals surface area contributed by atoms with Gasteiger partial charge < -0.3 is 15.0 Å². The zero-order valence-electron chi connectivity index (χ0n) is 14.5. The van der Waals surface area contributed by atoms with E-state index < -0.39 is 0 Å². The number of piperidine rings is 1. The van der Waals surface area contributed by atoms with E-state index in [4.69, 9.17) is 4.74 Å². The fourth-order valence-electron chi connectivity index (χ4n) is 3.69. The molecule has 8 nitrogen and oxygen atoms in total. The summed E-state index contributed by atoms with van der Waals surface area (Å²) in [6, 6.07) is 3.97. The van der Waals surface area contributed by atoms with Gasteiger partial charge in [-0.15, -0.1) is 15.3 Å². The Kier molecular flexibility index (Phi) is 4.52. The molecule has 25 heavy (non-hydrogen) atoms. The molecule has 2 aromatic rings. The van der Waals surface area contributed by atoms with Crippen molar-refractivity contribution in [3.8, 4) is 0 Å². The van der Waals surface area contributed by atoms with Crippen LogP contribution >= 0.6 is 0 Å². The molecule has 2 aliphatic rings. The molecule has 8 heteroatoms. The number of nitrogens with one attached hydrogen (secondary N) is 1. The van der Waals surface area contributed by atoms with Crippen LogP contribution in [0.5, 0.6) is 0 Å². The van der Waals surface area contributed by atoms with Gasteiger partial charge in [-0.1, -0.05) is 0 Å². The first-order valence-corrected chi connectivity index (χ1v) is 9.05. The minimum atomic E-state index is 0.0683. The molecule has 4 rings (SSSR count). The maximum absolute atomic E-state index is 12.5. The van der Waals surface area contributed by atoms with E-state index >= 15 is 0 Å². The van der Waals surface area contributed by atoms with Gasteiger partial charge in [0, 0.05) is 25.6 Å². The van der Waals surface area contributed by atoms with Crippen LogP contribution in [0.25, 0.3) is 5.65 Å². The summed E-state index contributed by atoms with van der Waals surface area (Å²) in [7, 11) is 0. The zero-order chi connectivity index (χ0) is 17.2. The Labute approximate surface area is 146 Å². The van der Waals surface area contributed by atoms with Crippen LogP contribution in [-0.2, 0) is 9.53 Å². The van der Waals surface area contributed by atoms with Crippen LogP contribution in [0.15, 0.2) is 18.5 Å². The summed E-state index contributed by atoms with van der Waals surface area (Å²) < 4.78 is 7.34. The predicted molar refractivity (Wildman–Crippen MR) is 92.3 cm³/mol. The third-order valence-corrected chi connectivity index (χ3v) is 5.23. The molecular formula is C17H24N6O2. The molecule has 1 amide bonds. The second-order valence-electron chi connectivity index (χ2n) is 6.94. The lowest BCUT2D eigenvalue weighted by atomic mass is 9.95. The monoisotopic (exact) mass is 344 g/mol. The number of anilines is 1. The van der Waals surface area contributed by atoms with E-state index in [1.54, 1.807) is 10.8 Å². The van der Waals surface area contributed by atoms with Crippen molar-refractivity contribution in [3.05, 3.63) is 18.5 Å². The van der Waals surface area contributed by atoms with Gasteiger partial charge in [0.15, 0.2) is 5.65 Å². The molecule has 2 saturated heterocycles. The number of nitrogens with zero attached hydrogens (tertiary/aromatic N) is 5. The summed E-state index contributed by atoms with van der Waals surface area (Å²) in [6.07, 6.45) is 5.58. The minimum absolute atomic E-state index is 0.0683. The van der Waals surface area contributed by atoms with Crippen molar-refractivity contribution < 1.29 is 9.53 Å². The predicted octanol–water partition coefficient (Wildman–Crippen LogP) is 1.02. The van der Waals surface area contributed by atoms with Crippen LogP contribution in [0.1, 0.15) is 32.6 Å². The Morgan fingerprint density at radius 1 is 1.32 bits per heavy atom. The molecule has 0 aromatic carbocycles. The summed E-state index contributed by atoms with van der Waals surface area (Å²) in [5.41, 5.74) is 0.737. The van der Waals surface area contributed by atoms with Crippen molar-refractivity contribution >= 4 is 17.4 Å². The fraction of sp³-hybridized carbons (Fsp3) is 0.647. The number of amides is 1. The number of fused-ring (bicyclic) bond motifs is 1. The Hall–Kier alpha value is -2.22. The van der Waals surface area contributed by atoms with Gasteiger partial charge in [-0.3, -0.25) is 4.79 Å². The molecule has 1 N–H and O–H groups in total. The van der Waals surface area contributed by atoms with E-state index in [1.807, 2.05) is 19.1 Å². The van der Waals surface area contributed by atoms with Gasteiger partial charge in [-0.25, -0.2) is 0 Å². The average Bonchev–Trinajstić information content (AvgIpc) is 3.32. The van der Waals surface area contributed by atoms with Crippen molar-refractivity contribution in [2.75, 3.05) is 24.6 Å². The van der Waals surface area contributed by atoms with E-state index in [0.717, 1.165) is 56.8 Å². The summed E-state index contributed by atoms with van der Waals surface area (Å²) in [6.45, 7) is 4.51. The van der Waals surface area contributed by atoms with Gasteiger partial charge in [0.2, 0.25) is 5.91 Å². The first-order valence-electron chi connectivity index (χ1n) is 9.05. The Morgan fingerprint density at radius 3 is 2.92 bits per heavy atom.